The SMILES string of the molecule is Cc1ccc(CC(NN)c2scnc2C)cc1C. The number of hydrogen-bond donors (Lipinski definition) is 2. The third-order valence-corrected chi connectivity index (χ3v) is 4.36. The van der Waals surface area contributed by atoms with E-state index >= 15 is 0 Å². The van der Waals surface area contributed by atoms with Crippen LogP contribution < -0.4 is 11.3 Å². The van der Waals surface area contributed by atoms with E-state index in [-0.39, 0.29) is 6.04 Å². The zero-order valence-electron chi connectivity index (χ0n) is 11.0. The summed E-state index contributed by atoms with van der Waals surface area (Å²) in [6, 6.07) is 6.70. The number of thiazole rings is 1. The molecule has 1 heterocycles. The molecule has 18 heavy (non-hydrogen) atoms. The van der Waals surface area contributed by atoms with Gasteiger partial charge in [-0.15, -0.1) is 11.3 Å². The monoisotopic (exact) mass is 261 g/mol. The first-order chi connectivity index (χ1) is 8.61. The van der Waals surface area contributed by atoms with Gasteiger partial charge >= 0.3 is 0 Å². The van der Waals surface area contributed by atoms with Crippen molar-refractivity contribution in [2.75, 3.05) is 0 Å². The maximum Gasteiger partial charge on any atom is 0.0798 e. The minimum absolute atomic E-state index is 0.139. The highest BCUT2D eigenvalue weighted by Crippen LogP contribution is 2.25. The van der Waals surface area contributed by atoms with Crippen molar-refractivity contribution in [3.63, 3.8) is 0 Å². The second-order valence-corrected chi connectivity index (χ2v) is 5.53. The van der Waals surface area contributed by atoms with Crippen molar-refractivity contribution in [1.29, 1.82) is 0 Å². The van der Waals surface area contributed by atoms with Gasteiger partial charge in [0.05, 0.1) is 17.2 Å². The topological polar surface area (TPSA) is 50.9 Å². The molecule has 0 saturated carbocycles. The van der Waals surface area contributed by atoms with Gasteiger partial charge in [0.2, 0.25) is 0 Å². The molecule has 1 atom stereocenters. The molecule has 3 N–H and O–H groups in total. The van der Waals surface area contributed by atoms with Crippen LogP contribution in [0, 0.1) is 20.8 Å². The summed E-state index contributed by atoms with van der Waals surface area (Å²) in [6.45, 7) is 6.29. The second kappa shape index (κ2) is 5.61. The van der Waals surface area contributed by atoms with E-state index < -0.39 is 0 Å². The summed E-state index contributed by atoms with van der Waals surface area (Å²) < 4.78 is 0. The molecule has 2 rings (SSSR count). The first-order valence-electron chi connectivity index (χ1n) is 6.04. The zero-order chi connectivity index (χ0) is 13.1. The summed E-state index contributed by atoms with van der Waals surface area (Å²) in [6.07, 6.45) is 0.890. The van der Waals surface area contributed by atoms with Crippen LogP contribution in [0.3, 0.4) is 0 Å². The van der Waals surface area contributed by atoms with Crippen LogP contribution in [0.25, 0.3) is 0 Å². The Morgan fingerprint density at radius 2 is 2.06 bits per heavy atom. The van der Waals surface area contributed by atoms with E-state index in [0.29, 0.717) is 0 Å². The third kappa shape index (κ3) is 2.77. The third-order valence-electron chi connectivity index (χ3n) is 3.31. The Morgan fingerprint density at radius 3 is 2.61 bits per heavy atom. The average molecular weight is 261 g/mol. The largest absolute Gasteiger partial charge is 0.271 e. The molecular weight excluding hydrogens is 242 g/mol. The first kappa shape index (κ1) is 13.2. The zero-order valence-corrected chi connectivity index (χ0v) is 11.8. The molecule has 0 amide bonds. The standard InChI is InChI=1S/C14H19N3S/c1-9-4-5-12(6-10(9)2)7-13(17-15)14-11(3)16-8-18-14/h4-6,8,13,17H,7,15H2,1-3H3. The molecule has 1 aromatic heterocycles. The Bertz CT molecular complexity index is 534. The van der Waals surface area contributed by atoms with Crippen molar-refractivity contribution in [2.24, 2.45) is 5.84 Å². The number of rotatable bonds is 4. The molecule has 0 fully saturated rings. The van der Waals surface area contributed by atoms with Crippen LogP contribution in [0.5, 0.6) is 0 Å². The fourth-order valence-corrected chi connectivity index (χ4v) is 2.90. The van der Waals surface area contributed by atoms with Crippen molar-refractivity contribution in [2.45, 2.75) is 33.2 Å². The molecule has 0 saturated heterocycles. The summed E-state index contributed by atoms with van der Waals surface area (Å²) in [5.41, 5.74) is 9.78. The molecule has 0 radical (unpaired) electrons. The van der Waals surface area contributed by atoms with E-state index in [1.54, 1.807) is 11.3 Å². The normalized spacial score (nSPS) is 12.7. The minimum Gasteiger partial charge on any atom is -0.271 e. The summed E-state index contributed by atoms with van der Waals surface area (Å²) >= 11 is 1.66. The van der Waals surface area contributed by atoms with Gasteiger partial charge in [0.15, 0.2) is 0 Å². The van der Waals surface area contributed by atoms with Gasteiger partial charge in [-0.1, -0.05) is 18.2 Å². The van der Waals surface area contributed by atoms with Crippen LogP contribution in [0.15, 0.2) is 23.7 Å². The number of aryl methyl sites for hydroxylation is 3. The number of nitrogens with zero attached hydrogens (tertiary/aromatic N) is 1. The van der Waals surface area contributed by atoms with E-state index in [4.69, 9.17) is 5.84 Å². The lowest BCUT2D eigenvalue weighted by atomic mass is 10.00. The molecule has 96 valence electrons. The lowest BCUT2D eigenvalue weighted by molar-refractivity contribution is 0.557. The molecule has 0 aliphatic rings. The molecule has 1 aromatic carbocycles. The van der Waals surface area contributed by atoms with Crippen LogP contribution in [0.2, 0.25) is 0 Å². The van der Waals surface area contributed by atoms with Crippen molar-refractivity contribution < 1.29 is 0 Å². The number of aromatic nitrogens is 1. The van der Waals surface area contributed by atoms with Gasteiger partial charge in [-0.25, -0.2) is 4.98 Å². The second-order valence-electron chi connectivity index (χ2n) is 4.64. The fourth-order valence-electron chi connectivity index (χ4n) is 2.04. The summed E-state index contributed by atoms with van der Waals surface area (Å²) in [7, 11) is 0. The molecule has 0 spiro atoms. The summed E-state index contributed by atoms with van der Waals surface area (Å²) in [5, 5.41) is 0. The lowest BCUT2D eigenvalue weighted by Crippen LogP contribution is -2.29. The van der Waals surface area contributed by atoms with Gasteiger partial charge in [0.1, 0.15) is 0 Å². The van der Waals surface area contributed by atoms with Gasteiger partial charge in [0, 0.05) is 4.88 Å². The quantitative estimate of drug-likeness (QED) is 0.657. The molecule has 4 heteroatoms. The van der Waals surface area contributed by atoms with E-state index in [0.717, 1.165) is 12.1 Å². The van der Waals surface area contributed by atoms with E-state index in [1.165, 1.54) is 21.6 Å². The van der Waals surface area contributed by atoms with Crippen LogP contribution >= 0.6 is 11.3 Å². The number of hydrazine groups is 1. The van der Waals surface area contributed by atoms with Crippen molar-refractivity contribution in [3.05, 3.63) is 51.0 Å². The highest BCUT2D eigenvalue weighted by Gasteiger charge is 2.15. The van der Waals surface area contributed by atoms with Gasteiger partial charge in [-0.05, 0) is 43.9 Å². The highest BCUT2D eigenvalue weighted by molar-refractivity contribution is 7.09. The smallest absolute Gasteiger partial charge is 0.0798 e. The number of nitrogens with one attached hydrogen (secondary N) is 1. The van der Waals surface area contributed by atoms with Gasteiger partial charge in [-0.2, -0.15) is 0 Å². The lowest BCUT2D eigenvalue weighted by Gasteiger charge is -2.15. The van der Waals surface area contributed by atoms with E-state index in [9.17, 15) is 0 Å². The van der Waals surface area contributed by atoms with E-state index in [1.807, 2.05) is 12.4 Å². The predicted molar refractivity (Wildman–Crippen MR) is 76.5 cm³/mol. The van der Waals surface area contributed by atoms with Crippen LogP contribution in [0.4, 0.5) is 0 Å². The number of nitrogens with two attached hydrogens (primary N) is 1. The molecule has 0 bridgehead atoms. The average Bonchev–Trinajstić information content (AvgIpc) is 2.77. The minimum atomic E-state index is 0.139. The maximum atomic E-state index is 5.68. The Balaban J connectivity index is 2.20. The van der Waals surface area contributed by atoms with Crippen LogP contribution in [-0.2, 0) is 6.42 Å². The predicted octanol–water partition coefficient (Wildman–Crippen LogP) is 2.82. The molecule has 0 aliphatic carbocycles. The van der Waals surface area contributed by atoms with Crippen molar-refractivity contribution in [1.82, 2.24) is 10.4 Å². The first-order valence-corrected chi connectivity index (χ1v) is 6.92. The Kier molecular flexibility index (Phi) is 4.11. The fraction of sp³-hybridized carbons (Fsp3) is 0.357. The molecule has 0 aliphatic heterocycles. The number of hydrogen-bond acceptors (Lipinski definition) is 4. The molecular formula is C14H19N3S. The van der Waals surface area contributed by atoms with Gasteiger partial charge in [-0.3, -0.25) is 11.3 Å². The Labute approximate surface area is 112 Å². The van der Waals surface area contributed by atoms with Crippen molar-refractivity contribution in [3.8, 4) is 0 Å². The molecule has 1 unspecified atom stereocenters. The highest BCUT2D eigenvalue weighted by atomic mass is 32.1. The number of benzene rings is 1. The molecule has 2 aromatic rings. The van der Waals surface area contributed by atoms with Gasteiger partial charge in [0.25, 0.3) is 0 Å². The van der Waals surface area contributed by atoms with E-state index in [2.05, 4.69) is 42.5 Å². The van der Waals surface area contributed by atoms with Crippen molar-refractivity contribution >= 4 is 11.3 Å². The summed E-state index contributed by atoms with van der Waals surface area (Å²) in [4.78, 5) is 5.50. The summed E-state index contributed by atoms with van der Waals surface area (Å²) in [5.74, 6) is 5.68. The Hall–Kier alpha value is -1.23. The van der Waals surface area contributed by atoms with Crippen LogP contribution in [0.1, 0.15) is 33.3 Å². The Morgan fingerprint density at radius 1 is 1.28 bits per heavy atom. The van der Waals surface area contributed by atoms with Crippen LogP contribution in [-0.4, -0.2) is 4.98 Å². The molecule has 3 nitrogen and oxygen atoms in total. The van der Waals surface area contributed by atoms with Gasteiger partial charge < -0.3 is 0 Å². The maximum absolute atomic E-state index is 5.68.